The normalized spacial score (nSPS) is 14.0. The Balaban J connectivity index is 1.45. The predicted molar refractivity (Wildman–Crippen MR) is 153 cm³/mol. The number of hydrogen-bond acceptors (Lipinski definition) is 6. The van der Waals surface area contributed by atoms with Gasteiger partial charge in [0.15, 0.2) is 0 Å². The first-order valence-corrected chi connectivity index (χ1v) is 13.5. The minimum absolute atomic E-state index is 0.0247. The van der Waals surface area contributed by atoms with Crippen molar-refractivity contribution in [1.29, 1.82) is 0 Å². The molecule has 202 valence electrons. The van der Waals surface area contributed by atoms with Gasteiger partial charge in [-0.1, -0.05) is 25.3 Å². The summed E-state index contributed by atoms with van der Waals surface area (Å²) in [6.45, 7) is 2.29. The number of non-ortho nitro benzene ring substituents is 1. The zero-order valence-corrected chi connectivity index (χ0v) is 22.0. The van der Waals surface area contributed by atoms with E-state index in [0.29, 0.717) is 35.2 Å². The first-order chi connectivity index (χ1) is 19.4. The summed E-state index contributed by atoms with van der Waals surface area (Å²) in [6, 6.07) is 19.7. The number of rotatable bonds is 7. The first-order valence-electron chi connectivity index (χ1n) is 13.5. The van der Waals surface area contributed by atoms with Gasteiger partial charge in [0.1, 0.15) is 11.6 Å². The van der Waals surface area contributed by atoms with Gasteiger partial charge in [-0.15, -0.1) is 0 Å². The Morgan fingerprint density at radius 3 is 2.58 bits per heavy atom. The fourth-order valence-electron chi connectivity index (χ4n) is 5.67. The number of nitro groups is 1. The summed E-state index contributed by atoms with van der Waals surface area (Å²) in [4.78, 5) is 32.3. The highest BCUT2D eigenvalue weighted by atomic mass is 16.6. The van der Waals surface area contributed by atoms with E-state index in [1.165, 1.54) is 18.6 Å². The van der Waals surface area contributed by atoms with Gasteiger partial charge in [-0.05, 0) is 68.3 Å². The molecule has 1 saturated carbocycles. The zero-order valence-electron chi connectivity index (χ0n) is 22.0. The van der Waals surface area contributed by atoms with Crippen LogP contribution >= 0.6 is 0 Å². The van der Waals surface area contributed by atoms with E-state index in [1.807, 2.05) is 43.3 Å². The maximum Gasteiger partial charge on any atom is 0.335 e. The fraction of sp³-hybridized carbons (Fsp3) is 0.258. The molecule has 0 atom stereocenters. The van der Waals surface area contributed by atoms with Crippen LogP contribution in [0.2, 0.25) is 0 Å². The van der Waals surface area contributed by atoms with Gasteiger partial charge in [0, 0.05) is 34.7 Å². The van der Waals surface area contributed by atoms with Crippen molar-refractivity contribution in [2.45, 2.75) is 45.1 Å². The van der Waals surface area contributed by atoms with Crippen molar-refractivity contribution in [3.8, 4) is 28.4 Å². The summed E-state index contributed by atoms with van der Waals surface area (Å²) < 4.78 is 8.01. The van der Waals surface area contributed by atoms with Crippen LogP contribution in [0.25, 0.3) is 44.6 Å². The second-order valence-electron chi connectivity index (χ2n) is 10.1. The highest BCUT2D eigenvalue weighted by molar-refractivity contribution is 5.94. The first kappa shape index (κ1) is 25.5. The lowest BCUT2D eigenvalue weighted by Crippen LogP contribution is -2.14. The van der Waals surface area contributed by atoms with Crippen LogP contribution in [-0.2, 0) is 0 Å². The van der Waals surface area contributed by atoms with Gasteiger partial charge in [-0.25, -0.2) is 14.8 Å². The molecule has 0 amide bonds. The number of aromatic nitrogens is 3. The zero-order chi connectivity index (χ0) is 27.8. The third kappa shape index (κ3) is 4.64. The molecular weight excluding hydrogens is 508 g/mol. The lowest BCUT2D eigenvalue weighted by molar-refractivity contribution is -0.384. The number of hydrogen-bond donors (Lipinski definition) is 1. The van der Waals surface area contributed by atoms with Crippen molar-refractivity contribution in [2.75, 3.05) is 6.61 Å². The van der Waals surface area contributed by atoms with E-state index in [0.717, 1.165) is 53.5 Å². The monoisotopic (exact) mass is 536 g/mol. The number of carbonyl (C=O) groups is 1. The summed E-state index contributed by atoms with van der Waals surface area (Å²) in [5, 5.41) is 21.8. The molecule has 0 unspecified atom stereocenters. The van der Waals surface area contributed by atoms with Crippen LogP contribution in [0, 0.1) is 10.1 Å². The molecule has 1 N–H and O–H groups in total. The Bertz CT molecular complexity index is 1770. The van der Waals surface area contributed by atoms with E-state index in [2.05, 4.69) is 4.57 Å². The van der Waals surface area contributed by atoms with Crippen LogP contribution in [0.1, 0.15) is 55.4 Å². The lowest BCUT2D eigenvalue weighted by Gasteiger charge is -2.25. The van der Waals surface area contributed by atoms with Gasteiger partial charge in [0.25, 0.3) is 5.69 Å². The van der Waals surface area contributed by atoms with Gasteiger partial charge in [0.2, 0.25) is 0 Å². The van der Waals surface area contributed by atoms with Crippen molar-refractivity contribution in [1.82, 2.24) is 14.5 Å². The molecule has 9 nitrogen and oxygen atoms in total. The van der Waals surface area contributed by atoms with Crippen LogP contribution in [0.3, 0.4) is 0 Å². The van der Waals surface area contributed by atoms with Crippen LogP contribution in [0.15, 0.2) is 66.7 Å². The van der Waals surface area contributed by atoms with E-state index in [1.54, 1.807) is 18.2 Å². The lowest BCUT2D eigenvalue weighted by atomic mass is 9.94. The molecule has 1 aliphatic carbocycles. The summed E-state index contributed by atoms with van der Waals surface area (Å²) in [6.07, 6.45) is 5.65. The SMILES string of the molecule is CCOc1ccc([N+](=O)[O-])cc1-c1ccc2cc(-c3nc4cc(C(=O)O)ccc4n3C3CCCCC3)ccc2n1. The maximum absolute atomic E-state index is 11.6. The van der Waals surface area contributed by atoms with Crippen molar-refractivity contribution in [3.63, 3.8) is 0 Å². The quantitative estimate of drug-likeness (QED) is 0.170. The van der Waals surface area contributed by atoms with E-state index in [9.17, 15) is 20.0 Å². The average Bonchev–Trinajstić information content (AvgIpc) is 3.36. The third-order valence-electron chi connectivity index (χ3n) is 7.57. The summed E-state index contributed by atoms with van der Waals surface area (Å²) in [5.41, 5.74) is 4.62. The van der Waals surface area contributed by atoms with Crippen LogP contribution in [0.4, 0.5) is 5.69 Å². The van der Waals surface area contributed by atoms with Gasteiger partial charge >= 0.3 is 5.97 Å². The van der Waals surface area contributed by atoms with Gasteiger partial charge < -0.3 is 14.4 Å². The highest BCUT2D eigenvalue weighted by Crippen LogP contribution is 2.38. The van der Waals surface area contributed by atoms with E-state index in [-0.39, 0.29) is 11.3 Å². The molecular formula is C31H28N4O5. The number of fused-ring (bicyclic) bond motifs is 2. The number of carboxylic acid groups (broad SMARTS) is 1. The summed E-state index contributed by atoms with van der Waals surface area (Å²) in [5.74, 6) is 0.380. The molecule has 0 bridgehead atoms. The summed E-state index contributed by atoms with van der Waals surface area (Å²) >= 11 is 0. The van der Waals surface area contributed by atoms with E-state index in [4.69, 9.17) is 14.7 Å². The maximum atomic E-state index is 11.6. The molecule has 5 aromatic rings. The molecule has 9 heteroatoms. The minimum Gasteiger partial charge on any atom is -0.493 e. The van der Waals surface area contributed by atoms with Gasteiger partial charge in [-0.2, -0.15) is 0 Å². The number of carboxylic acids is 1. The smallest absolute Gasteiger partial charge is 0.335 e. The Hall–Kier alpha value is -4.79. The molecule has 0 spiro atoms. The topological polar surface area (TPSA) is 120 Å². The molecule has 0 saturated heterocycles. The summed E-state index contributed by atoms with van der Waals surface area (Å²) in [7, 11) is 0. The van der Waals surface area contributed by atoms with Crippen LogP contribution in [-0.4, -0.2) is 37.1 Å². The Morgan fingerprint density at radius 2 is 1.82 bits per heavy atom. The Morgan fingerprint density at radius 1 is 1.00 bits per heavy atom. The average molecular weight is 537 g/mol. The second-order valence-corrected chi connectivity index (χ2v) is 10.1. The standard InChI is InChI=1S/C31H28N4O5/c1-2-40-29-15-11-23(35(38)39)18-24(29)26-13-8-19-16-20(9-12-25(19)32-26)30-33-27-17-21(31(36)37)10-14-28(27)34(30)22-6-4-3-5-7-22/h8-18,22H,2-7H2,1H3,(H,36,37). The number of imidazole rings is 1. The van der Waals surface area contributed by atoms with Crippen LogP contribution < -0.4 is 4.74 Å². The molecule has 1 aliphatic rings. The number of pyridine rings is 1. The molecule has 2 heterocycles. The minimum atomic E-state index is -0.973. The van der Waals surface area contributed by atoms with Crippen molar-refractivity contribution < 1.29 is 19.6 Å². The molecule has 1 fully saturated rings. The Labute approximate surface area is 230 Å². The van der Waals surface area contributed by atoms with Crippen molar-refractivity contribution >= 4 is 33.6 Å². The number of benzene rings is 3. The highest BCUT2D eigenvalue weighted by Gasteiger charge is 2.23. The third-order valence-corrected chi connectivity index (χ3v) is 7.57. The van der Waals surface area contributed by atoms with E-state index >= 15 is 0 Å². The molecule has 0 aliphatic heterocycles. The fourth-order valence-corrected chi connectivity index (χ4v) is 5.67. The largest absolute Gasteiger partial charge is 0.493 e. The number of ether oxygens (including phenoxy) is 1. The second kappa shape index (κ2) is 10.4. The molecule has 40 heavy (non-hydrogen) atoms. The molecule has 2 aromatic heterocycles. The molecule has 3 aromatic carbocycles. The molecule has 0 radical (unpaired) electrons. The molecule has 6 rings (SSSR count). The predicted octanol–water partition coefficient (Wildman–Crippen LogP) is 7.43. The van der Waals surface area contributed by atoms with Gasteiger partial charge in [0.05, 0.1) is 39.3 Å². The van der Waals surface area contributed by atoms with Gasteiger partial charge in [-0.3, -0.25) is 10.1 Å². The van der Waals surface area contributed by atoms with Crippen LogP contribution in [0.5, 0.6) is 5.75 Å². The number of nitrogens with zero attached hydrogens (tertiary/aromatic N) is 4. The number of nitro benzene ring substituents is 1. The Kier molecular flexibility index (Phi) is 6.63. The van der Waals surface area contributed by atoms with Crippen molar-refractivity contribution in [2.24, 2.45) is 0 Å². The number of aromatic carboxylic acids is 1. The van der Waals surface area contributed by atoms with E-state index < -0.39 is 10.9 Å². The van der Waals surface area contributed by atoms with Crippen molar-refractivity contribution in [3.05, 3.63) is 82.4 Å².